The summed E-state index contributed by atoms with van der Waals surface area (Å²) in [5.41, 5.74) is 2.00. The van der Waals surface area contributed by atoms with Crippen LogP contribution in [0.5, 0.6) is 17.2 Å². The van der Waals surface area contributed by atoms with Crippen molar-refractivity contribution >= 4 is 11.8 Å². The van der Waals surface area contributed by atoms with E-state index >= 15 is 0 Å². The molecule has 3 aromatic rings. The Labute approximate surface area is 178 Å². The first-order valence-electron chi connectivity index (χ1n) is 10.1. The summed E-state index contributed by atoms with van der Waals surface area (Å²) >= 11 is 1.65. The normalized spacial score (nSPS) is 20.9. The lowest BCUT2D eigenvalue weighted by Crippen LogP contribution is -2.36. The summed E-state index contributed by atoms with van der Waals surface area (Å²) < 4.78 is 30.7. The number of ether oxygens (including phenoxy) is 5. The Morgan fingerprint density at radius 1 is 0.800 bits per heavy atom. The zero-order valence-electron chi connectivity index (χ0n) is 16.2. The molecule has 3 aliphatic rings. The van der Waals surface area contributed by atoms with Crippen molar-refractivity contribution in [1.82, 2.24) is 0 Å². The van der Waals surface area contributed by atoms with E-state index in [0.717, 1.165) is 33.8 Å². The maximum absolute atomic E-state index is 6.40. The third kappa shape index (κ3) is 2.87. The molecule has 0 saturated carbocycles. The molecule has 0 N–H and O–H groups in total. The fourth-order valence-corrected chi connectivity index (χ4v) is 5.30. The van der Waals surface area contributed by atoms with Gasteiger partial charge in [0.1, 0.15) is 5.75 Å². The van der Waals surface area contributed by atoms with E-state index in [1.165, 1.54) is 0 Å². The Morgan fingerprint density at radius 3 is 2.40 bits per heavy atom. The van der Waals surface area contributed by atoms with Crippen LogP contribution in [-0.2, 0) is 15.3 Å². The lowest BCUT2D eigenvalue weighted by molar-refractivity contribution is -0.208. The van der Waals surface area contributed by atoms with Crippen molar-refractivity contribution < 1.29 is 23.7 Å². The van der Waals surface area contributed by atoms with Gasteiger partial charge in [-0.05, 0) is 43.2 Å². The van der Waals surface area contributed by atoms with Gasteiger partial charge in [-0.25, -0.2) is 0 Å². The second-order valence-electron chi connectivity index (χ2n) is 7.34. The van der Waals surface area contributed by atoms with Crippen LogP contribution >= 0.6 is 11.8 Å². The summed E-state index contributed by atoms with van der Waals surface area (Å²) in [5.74, 6) is 1.09. The molecule has 0 radical (unpaired) electrons. The van der Waals surface area contributed by atoms with E-state index < -0.39 is 12.3 Å². The first kappa shape index (κ1) is 18.1. The van der Waals surface area contributed by atoms with Crippen molar-refractivity contribution in [2.45, 2.75) is 34.9 Å². The third-order valence-electron chi connectivity index (χ3n) is 5.45. The van der Waals surface area contributed by atoms with Crippen LogP contribution in [0.3, 0.4) is 0 Å². The Kier molecular flexibility index (Phi) is 4.37. The highest BCUT2D eigenvalue weighted by molar-refractivity contribution is 7.99. The molecule has 6 rings (SSSR count). The van der Waals surface area contributed by atoms with Gasteiger partial charge in [0.25, 0.3) is 0 Å². The number of benzene rings is 3. The molecule has 1 fully saturated rings. The highest BCUT2D eigenvalue weighted by atomic mass is 32.2. The molecule has 3 heterocycles. The average Bonchev–Trinajstić information content (AvgIpc) is 3.04. The molecule has 6 heteroatoms. The molecule has 0 amide bonds. The molecular formula is C24H20O5S. The van der Waals surface area contributed by atoms with E-state index in [2.05, 4.69) is 12.1 Å². The predicted molar refractivity (Wildman–Crippen MR) is 111 cm³/mol. The third-order valence-corrected chi connectivity index (χ3v) is 6.63. The number of rotatable bonds is 2. The quantitative estimate of drug-likeness (QED) is 0.560. The lowest BCUT2D eigenvalue weighted by Gasteiger charge is -2.38. The van der Waals surface area contributed by atoms with E-state index in [1.807, 2.05) is 54.6 Å². The first-order valence-corrected chi connectivity index (χ1v) is 10.9. The van der Waals surface area contributed by atoms with Crippen molar-refractivity contribution in [2.75, 3.05) is 13.2 Å². The standard InChI is InChI=1S/C24H20O5S/c1-2-8-16(9-3-1)27-23-28-19-13-12-18-22(21(19)29-23)30-20-11-5-4-10-17(20)24(18)25-14-6-7-15-26-24/h1-5,8-13,23H,6-7,14-15H2. The van der Waals surface area contributed by atoms with Crippen molar-refractivity contribution in [3.8, 4) is 17.2 Å². The van der Waals surface area contributed by atoms with Gasteiger partial charge in [0, 0.05) is 16.0 Å². The molecule has 30 heavy (non-hydrogen) atoms. The van der Waals surface area contributed by atoms with Gasteiger partial charge in [-0.1, -0.05) is 48.2 Å². The molecule has 3 aliphatic heterocycles. The molecule has 1 saturated heterocycles. The summed E-state index contributed by atoms with van der Waals surface area (Å²) in [5, 5.41) is 0. The summed E-state index contributed by atoms with van der Waals surface area (Å²) in [6.07, 6.45) is 1.95. The molecule has 5 nitrogen and oxygen atoms in total. The Bertz CT molecular complexity index is 1080. The van der Waals surface area contributed by atoms with Crippen molar-refractivity contribution in [3.05, 3.63) is 77.9 Å². The average molecular weight is 420 g/mol. The topological polar surface area (TPSA) is 46.2 Å². The minimum Gasteiger partial charge on any atom is -0.423 e. The smallest absolute Gasteiger partial charge is 0.406 e. The fourth-order valence-electron chi connectivity index (χ4n) is 4.06. The SMILES string of the molecule is c1ccc(OC2Oc3ccc4c(c3O2)Sc2ccccc2C42OCCCCO2)cc1. The molecule has 1 unspecified atom stereocenters. The van der Waals surface area contributed by atoms with Crippen molar-refractivity contribution in [2.24, 2.45) is 0 Å². The van der Waals surface area contributed by atoms with E-state index in [0.29, 0.717) is 30.5 Å². The Hall–Kier alpha value is -2.67. The van der Waals surface area contributed by atoms with Gasteiger partial charge in [-0.2, -0.15) is 0 Å². The zero-order valence-corrected chi connectivity index (χ0v) is 17.0. The largest absolute Gasteiger partial charge is 0.423 e. The molecule has 152 valence electrons. The van der Waals surface area contributed by atoms with Crippen LogP contribution in [0.15, 0.2) is 76.5 Å². The molecule has 3 aromatic carbocycles. The van der Waals surface area contributed by atoms with Crippen LogP contribution in [0, 0.1) is 0 Å². The zero-order chi connectivity index (χ0) is 20.0. The van der Waals surface area contributed by atoms with Crippen LogP contribution in [0.25, 0.3) is 0 Å². The van der Waals surface area contributed by atoms with Gasteiger partial charge in [0.15, 0.2) is 11.5 Å². The van der Waals surface area contributed by atoms with Crippen LogP contribution in [0.4, 0.5) is 0 Å². The molecule has 1 spiro atoms. The second kappa shape index (κ2) is 7.23. The van der Waals surface area contributed by atoms with E-state index in [9.17, 15) is 0 Å². The Morgan fingerprint density at radius 2 is 1.57 bits per heavy atom. The highest BCUT2D eigenvalue weighted by Crippen LogP contribution is 2.57. The van der Waals surface area contributed by atoms with Gasteiger partial charge in [-0.15, -0.1) is 0 Å². The van der Waals surface area contributed by atoms with Gasteiger partial charge in [0.05, 0.1) is 18.1 Å². The number of hydrogen-bond donors (Lipinski definition) is 0. The first-order chi connectivity index (χ1) is 14.8. The van der Waals surface area contributed by atoms with Crippen LogP contribution in [0.2, 0.25) is 0 Å². The van der Waals surface area contributed by atoms with Crippen LogP contribution < -0.4 is 14.2 Å². The molecule has 0 aliphatic carbocycles. The fraction of sp³-hybridized carbons (Fsp3) is 0.250. The minimum absolute atomic E-state index is 0.645. The number of fused-ring (bicyclic) bond motifs is 6. The number of para-hydroxylation sites is 1. The Balaban J connectivity index is 1.41. The molecular weight excluding hydrogens is 400 g/mol. The maximum Gasteiger partial charge on any atom is 0.406 e. The van der Waals surface area contributed by atoms with Crippen LogP contribution in [0.1, 0.15) is 24.0 Å². The molecule has 1 atom stereocenters. The monoisotopic (exact) mass is 420 g/mol. The summed E-state index contributed by atoms with van der Waals surface area (Å²) in [6, 6.07) is 21.7. The van der Waals surface area contributed by atoms with Crippen molar-refractivity contribution in [1.29, 1.82) is 0 Å². The number of hydrogen-bond acceptors (Lipinski definition) is 6. The van der Waals surface area contributed by atoms with Crippen LogP contribution in [-0.4, -0.2) is 19.7 Å². The van der Waals surface area contributed by atoms with Gasteiger partial charge < -0.3 is 23.7 Å². The lowest BCUT2D eigenvalue weighted by atomic mass is 9.95. The predicted octanol–water partition coefficient (Wildman–Crippen LogP) is 5.31. The van der Waals surface area contributed by atoms with Gasteiger partial charge in [0.2, 0.25) is 5.79 Å². The summed E-state index contributed by atoms with van der Waals surface area (Å²) in [7, 11) is 0. The summed E-state index contributed by atoms with van der Waals surface area (Å²) in [4.78, 5) is 2.04. The second-order valence-corrected chi connectivity index (χ2v) is 8.40. The van der Waals surface area contributed by atoms with E-state index in [1.54, 1.807) is 11.8 Å². The molecule has 0 aromatic heterocycles. The van der Waals surface area contributed by atoms with E-state index in [4.69, 9.17) is 23.7 Å². The van der Waals surface area contributed by atoms with Gasteiger partial charge in [-0.3, -0.25) is 0 Å². The van der Waals surface area contributed by atoms with E-state index in [-0.39, 0.29) is 0 Å². The molecule has 0 bridgehead atoms. The summed E-state index contributed by atoms with van der Waals surface area (Å²) in [6.45, 7) is 0.456. The highest BCUT2D eigenvalue weighted by Gasteiger charge is 2.47. The van der Waals surface area contributed by atoms with Crippen molar-refractivity contribution in [3.63, 3.8) is 0 Å². The minimum atomic E-state index is -0.926. The maximum atomic E-state index is 6.40. The van der Waals surface area contributed by atoms with Gasteiger partial charge >= 0.3 is 6.48 Å².